The molecule has 0 saturated carbocycles. The first-order valence-electron chi connectivity index (χ1n) is 9.80. The smallest absolute Gasteiger partial charge is 0.312 e. The molecule has 0 unspecified atom stereocenters. The Labute approximate surface area is 189 Å². The third-order valence-electron chi connectivity index (χ3n) is 4.88. The number of carbonyl (C=O) groups excluding carboxylic acids is 2. The van der Waals surface area contributed by atoms with Crippen molar-refractivity contribution < 1.29 is 38.1 Å². The van der Waals surface area contributed by atoms with E-state index < -0.39 is 11.8 Å². The molecule has 11 heteroatoms. The first kappa shape index (κ1) is 23.4. The van der Waals surface area contributed by atoms with E-state index in [0.717, 1.165) is 0 Å². The number of phenols is 1. The van der Waals surface area contributed by atoms with Crippen LogP contribution in [-0.4, -0.2) is 58.4 Å². The number of ketones is 1. The van der Waals surface area contributed by atoms with Crippen LogP contribution >= 0.6 is 0 Å². The third kappa shape index (κ3) is 4.52. The van der Waals surface area contributed by atoms with Gasteiger partial charge in [-0.1, -0.05) is 0 Å². The van der Waals surface area contributed by atoms with Crippen LogP contribution in [0.15, 0.2) is 28.7 Å². The first-order chi connectivity index (χ1) is 15.9. The quantitative estimate of drug-likeness (QED) is 0.264. The van der Waals surface area contributed by atoms with Crippen LogP contribution in [-0.2, 0) is 0 Å². The number of benzene rings is 2. The number of ether oxygens (including phenoxy) is 4. The molecule has 0 atom stereocenters. The van der Waals surface area contributed by atoms with Crippen molar-refractivity contribution in [1.29, 1.82) is 0 Å². The van der Waals surface area contributed by atoms with E-state index in [2.05, 4.69) is 10.6 Å². The van der Waals surface area contributed by atoms with Gasteiger partial charge >= 0.3 is 6.03 Å². The van der Waals surface area contributed by atoms with Crippen LogP contribution in [0.25, 0.3) is 11.0 Å². The van der Waals surface area contributed by atoms with Crippen molar-refractivity contribution in [2.45, 2.75) is 0 Å². The molecule has 0 radical (unpaired) electrons. The number of fused-ring (bicyclic) bond motifs is 1. The van der Waals surface area contributed by atoms with Crippen LogP contribution in [0.3, 0.4) is 0 Å². The van der Waals surface area contributed by atoms with Gasteiger partial charge < -0.3 is 44.8 Å². The molecule has 0 bridgehead atoms. The van der Waals surface area contributed by atoms with Gasteiger partial charge in [0.25, 0.3) is 0 Å². The Morgan fingerprint density at radius 3 is 2.15 bits per heavy atom. The molecule has 0 aliphatic carbocycles. The fourth-order valence-electron chi connectivity index (χ4n) is 3.36. The number of hydrogen-bond donors (Lipinski definition) is 4. The minimum Gasteiger partial charge on any atom is -0.502 e. The summed E-state index contributed by atoms with van der Waals surface area (Å²) in [6.07, 6.45) is 0. The molecule has 5 N–H and O–H groups in total. The molecule has 33 heavy (non-hydrogen) atoms. The van der Waals surface area contributed by atoms with Crippen molar-refractivity contribution in [1.82, 2.24) is 5.32 Å². The maximum Gasteiger partial charge on any atom is 0.312 e. The molecule has 2 aromatic carbocycles. The van der Waals surface area contributed by atoms with Gasteiger partial charge in [0.15, 0.2) is 28.6 Å². The van der Waals surface area contributed by atoms with E-state index in [-0.39, 0.29) is 47.2 Å². The number of nitrogens with one attached hydrogen (secondary N) is 2. The summed E-state index contributed by atoms with van der Waals surface area (Å²) in [5, 5.41) is 16.3. The largest absolute Gasteiger partial charge is 0.502 e. The van der Waals surface area contributed by atoms with E-state index in [9.17, 15) is 14.7 Å². The van der Waals surface area contributed by atoms with Gasteiger partial charge in [0.2, 0.25) is 17.4 Å². The summed E-state index contributed by atoms with van der Waals surface area (Å²) < 4.78 is 26.9. The summed E-state index contributed by atoms with van der Waals surface area (Å²) in [4.78, 5) is 24.6. The number of nitrogens with two attached hydrogens (primary N) is 1. The van der Waals surface area contributed by atoms with Gasteiger partial charge in [-0.25, -0.2) is 4.79 Å². The standard InChI is InChI=1S/C22H25N3O8/c1-29-13-6-5-12-16(21(33-19(12)18(13)27)24-7-8-25-22(23)28)17(26)11-9-14(30-2)20(32-4)15(10-11)31-3/h5-6,9-10,24,27H,7-8H2,1-4H3,(H3,23,25,28). The predicted octanol–water partition coefficient (Wildman–Crippen LogP) is 2.48. The number of rotatable bonds is 10. The van der Waals surface area contributed by atoms with Gasteiger partial charge in [0.1, 0.15) is 0 Å². The van der Waals surface area contributed by atoms with Crippen LogP contribution in [0.1, 0.15) is 15.9 Å². The van der Waals surface area contributed by atoms with Gasteiger partial charge in [-0.3, -0.25) is 4.79 Å². The van der Waals surface area contributed by atoms with Crippen LogP contribution in [0.2, 0.25) is 0 Å². The van der Waals surface area contributed by atoms with Gasteiger partial charge in [0.05, 0.1) is 34.0 Å². The van der Waals surface area contributed by atoms with Crippen molar-refractivity contribution in [2.24, 2.45) is 5.73 Å². The summed E-state index contributed by atoms with van der Waals surface area (Å²) in [7, 11) is 5.76. The molecule has 2 amide bonds. The highest BCUT2D eigenvalue weighted by Crippen LogP contribution is 2.43. The number of methoxy groups -OCH3 is 4. The number of furan rings is 1. The second-order valence-electron chi connectivity index (χ2n) is 6.76. The van der Waals surface area contributed by atoms with E-state index in [1.807, 2.05) is 0 Å². The molecule has 1 heterocycles. The minimum atomic E-state index is -0.683. The second-order valence-corrected chi connectivity index (χ2v) is 6.76. The molecule has 0 saturated heterocycles. The fraction of sp³-hybridized carbons (Fsp3) is 0.273. The molecular weight excluding hydrogens is 434 g/mol. The lowest BCUT2D eigenvalue weighted by molar-refractivity contribution is 0.103. The van der Waals surface area contributed by atoms with Crippen LogP contribution in [0.5, 0.6) is 28.7 Å². The predicted molar refractivity (Wildman–Crippen MR) is 120 cm³/mol. The average molecular weight is 459 g/mol. The highest BCUT2D eigenvalue weighted by Gasteiger charge is 2.27. The summed E-state index contributed by atoms with van der Waals surface area (Å²) in [6, 6.07) is 5.49. The zero-order chi connectivity index (χ0) is 24.1. The fourth-order valence-corrected chi connectivity index (χ4v) is 3.36. The molecule has 1 aromatic heterocycles. The molecule has 0 spiro atoms. The third-order valence-corrected chi connectivity index (χ3v) is 4.88. The molecule has 0 aliphatic heterocycles. The summed E-state index contributed by atoms with van der Waals surface area (Å²) in [5.74, 6) is 0.547. The lowest BCUT2D eigenvalue weighted by atomic mass is 10.0. The Morgan fingerprint density at radius 2 is 1.61 bits per heavy atom. The van der Waals surface area contributed by atoms with Gasteiger partial charge in [-0.2, -0.15) is 0 Å². The van der Waals surface area contributed by atoms with Crippen molar-refractivity contribution in [3.63, 3.8) is 0 Å². The van der Waals surface area contributed by atoms with Gasteiger partial charge in [-0.05, 0) is 24.3 Å². The maximum absolute atomic E-state index is 13.6. The molecule has 3 rings (SSSR count). The van der Waals surface area contributed by atoms with E-state index >= 15 is 0 Å². The van der Waals surface area contributed by atoms with Crippen LogP contribution in [0, 0.1) is 0 Å². The molecule has 176 valence electrons. The van der Waals surface area contributed by atoms with Crippen molar-refractivity contribution in [3.05, 3.63) is 35.4 Å². The van der Waals surface area contributed by atoms with E-state index in [1.165, 1.54) is 46.6 Å². The molecule has 0 aliphatic rings. The maximum atomic E-state index is 13.6. The van der Waals surface area contributed by atoms with E-state index in [1.54, 1.807) is 6.07 Å². The number of amides is 2. The van der Waals surface area contributed by atoms with Crippen molar-refractivity contribution >= 4 is 28.7 Å². The topological polar surface area (TPSA) is 155 Å². The Kier molecular flexibility index (Phi) is 7.01. The summed E-state index contributed by atoms with van der Waals surface area (Å²) in [5.41, 5.74) is 5.55. The Balaban J connectivity index is 2.13. The lowest BCUT2D eigenvalue weighted by Crippen LogP contribution is -2.33. The van der Waals surface area contributed by atoms with E-state index in [0.29, 0.717) is 22.6 Å². The number of primary amides is 1. The highest BCUT2D eigenvalue weighted by atomic mass is 16.5. The van der Waals surface area contributed by atoms with Gasteiger partial charge in [-0.15, -0.1) is 0 Å². The SMILES string of the molecule is COc1cc(C(=O)c2c(NCCNC(N)=O)oc3c(O)c(OC)ccc23)cc(OC)c1OC. The normalized spacial score (nSPS) is 10.5. The summed E-state index contributed by atoms with van der Waals surface area (Å²) in [6.45, 7) is 0.385. The molecular formula is C22H25N3O8. The minimum absolute atomic E-state index is 0.0653. The molecule has 11 nitrogen and oxygen atoms in total. The number of urea groups is 1. The monoisotopic (exact) mass is 459 g/mol. The number of hydrogen-bond acceptors (Lipinski definition) is 9. The first-order valence-corrected chi connectivity index (χ1v) is 9.80. The highest BCUT2D eigenvalue weighted by molar-refractivity contribution is 6.20. The second kappa shape index (κ2) is 9.90. The van der Waals surface area contributed by atoms with Gasteiger partial charge in [0, 0.05) is 24.0 Å². The lowest BCUT2D eigenvalue weighted by Gasteiger charge is -2.14. The van der Waals surface area contributed by atoms with E-state index in [4.69, 9.17) is 29.1 Å². The van der Waals surface area contributed by atoms with Crippen molar-refractivity contribution in [2.75, 3.05) is 46.8 Å². The zero-order valence-electron chi connectivity index (χ0n) is 18.6. The molecule has 3 aromatic rings. The Morgan fingerprint density at radius 1 is 0.970 bits per heavy atom. The van der Waals surface area contributed by atoms with Crippen LogP contribution < -0.4 is 35.3 Å². The Bertz CT molecular complexity index is 1160. The number of anilines is 1. The summed E-state index contributed by atoms with van der Waals surface area (Å²) >= 11 is 0. The number of carbonyl (C=O) groups is 2. The molecule has 0 fully saturated rings. The van der Waals surface area contributed by atoms with Crippen molar-refractivity contribution in [3.8, 4) is 28.7 Å². The number of phenolic OH excluding ortho intramolecular Hbond substituents is 1. The average Bonchev–Trinajstić information content (AvgIpc) is 3.19. The van der Waals surface area contributed by atoms with Crippen LogP contribution in [0.4, 0.5) is 10.7 Å². The Hall–Kier alpha value is -4.28. The number of aromatic hydroxyl groups is 1. The zero-order valence-corrected chi connectivity index (χ0v) is 18.6.